The fourth-order valence-corrected chi connectivity index (χ4v) is 5.73. The Morgan fingerprint density at radius 3 is 2.59 bits per heavy atom. The number of ether oxygens (including phenoxy) is 3. The zero-order valence-corrected chi connectivity index (χ0v) is 22.0. The van der Waals surface area contributed by atoms with Gasteiger partial charge in [-0.1, -0.05) is 18.2 Å². The topological polar surface area (TPSA) is 68.3 Å². The van der Waals surface area contributed by atoms with Crippen LogP contribution < -0.4 is 14.2 Å². The molecule has 1 aliphatic heterocycles. The molecule has 2 heterocycles. The second-order valence-corrected chi connectivity index (χ2v) is 10.5. The van der Waals surface area contributed by atoms with Gasteiger partial charge < -0.3 is 24.0 Å². The second-order valence-electron chi connectivity index (χ2n) is 9.47. The van der Waals surface area contributed by atoms with Gasteiger partial charge in [-0.05, 0) is 72.5 Å². The van der Waals surface area contributed by atoms with Gasteiger partial charge in [0.25, 0.3) is 5.91 Å². The summed E-state index contributed by atoms with van der Waals surface area (Å²) in [6.07, 6.45) is 2.98. The van der Waals surface area contributed by atoms with Crippen molar-refractivity contribution in [1.29, 1.82) is 0 Å². The van der Waals surface area contributed by atoms with E-state index in [-0.39, 0.29) is 24.4 Å². The van der Waals surface area contributed by atoms with Crippen LogP contribution in [0.25, 0.3) is 0 Å². The fourth-order valence-electron chi connectivity index (χ4n) is 4.81. The number of amides is 2. The van der Waals surface area contributed by atoms with E-state index in [1.807, 2.05) is 35.2 Å². The highest BCUT2D eigenvalue weighted by molar-refractivity contribution is 7.10. The molecule has 0 bridgehead atoms. The molecular formula is C29H32N2O5S. The lowest BCUT2D eigenvalue weighted by molar-refractivity contribution is -0.135. The molecule has 0 radical (unpaired) electrons. The van der Waals surface area contributed by atoms with Crippen LogP contribution in [0.4, 0.5) is 0 Å². The molecule has 37 heavy (non-hydrogen) atoms. The highest BCUT2D eigenvalue weighted by Crippen LogP contribution is 2.36. The van der Waals surface area contributed by atoms with Crippen molar-refractivity contribution in [3.05, 3.63) is 76.0 Å². The third-order valence-corrected chi connectivity index (χ3v) is 7.98. The van der Waals surface area contributed by atoms with E-state index in [4.69, 9.17) is 14.2 Å². The van der Waals surface area contributed by atoms with E-state index in [9.17, 15) is 9.59 Å². The maximum Gasteiger partial charge on any atom is 0.254 e. The first-order chi connectivity index (χ1) is 18.1. The lowest BCUT2D eigenvalue weighted by Gasteiger charge is -2.37. The summed E-state index contributed by atoms with van der Waals surface area (Å²) in [5.74, 6) is 2.16. The number of benzene rings is 2. The van der Waals surface area contributed by atoms with Crippen LogP contribution in [0.1, 0.15) is 39.7 Å². The smallest absolute Gasteiger partial charge is 0.254 e. The predicted molar refractivity (Wildman–Crippen MR) is 143 cm³/mol. The van der Waals surface area contributed by atoms with Crippen molar-refractivity contribution < 1.29 is 23.8 Å². The molecule has 2 aliphatic rings. The average molecular weight is 521 g/mol. The van der Waals surface area contributed by atoms with Crippen molar-refractivity contribution >= 4 is 23.2 Å². The van der Waals surface area contributed by atoms with E-state index < -0.39 is 0 Å². The third-order valence-electron chi connectivity index (χ3n) is 6.99. The SMILES string of the molecule is COc1cccc(C(=O)N(CC(=O)N2CCc3sccc3C2COc2ccccc2OC)CC2CC2)c1. The fraction of sp³-hybridized carbons (Fsp3) is 0.379. The van der Waals surface area contributed by atoms with E-state index in [0.717, 1.165) is 24.8 Å². The molecule has 1 aliphatic carbocycles. The van der Waals surface area contributed by atoms with Crippen molar-refractivity contribution in [3.63, 3.8) is 0 Å². The van der Waals surface area contributed by atoms with Gasteiger partial charge in [0.1, 0.15) is 18.9 Å². The first kappa shape index (κ1) is 25.1. The Hall–Kier alpha value is -3.52. The number of rotatable bonds is 10. The van der Waals surface area contributed by atoms with Crippen LogP contribution in [0, 0.1) is 5.92 Å². The van der Waals surface area contributed by atoms with Crippen LogP contribution in [-0.2, 0) is 11.2 Å². The minimum Gasteiger partial charge on any atom is -0.497 e. The van der Waals surface area contributed by atoms with E-state index >= 15 is 0 Å². The Kier molecular flexibility index (Phi) is 7.65. The highest BCUT2D eigenvalue weighted by Gasteiger charge is 2.35. The van der Waals surface area contributed by atoms with Crippen molar-refractivity contribution in [2.45, 2.75) is 25.3 Å². The minimum absolute atomic E-state index is 0.0389. The number of hydrogen-bond donors (Lipinski definition) is 0. The van der Waals surface area contributed by atoms with Crippen molar-refractivity contribution in [2.75, 3.05) is 40.5 Å². The maximum absolute atomic E-state index is 13.8. The first-order valence-electron chi connectivity index (χ1n) is 12.6. The molecule has 0 saturated heterocycles. The van der Waals surface area contributed by atoms with Crippen LogP contribution in [-0.4, -0.2) is 62.1 Å². The van der Waals surface area contributed by atoms with Gasteiger partial charge in [0, 0.05) is 23.5 Å². The Balaban J connectivity index is 1.35. The maximum atomic E-state index is 13.8. The van der Waals surface area contributed by atoms with Gasteiger partial charge in [-0.2, -0.15) is 0 Å². The molecule has 0 spiro atoms. The lowest BCUT2D eigenvalue weighted by Crippen LogP contribution is -2.48. The molecular weight excluding hydrogens is 488 g/mol. The molecule has 1 saturated carbocycles. The molecule has 1 unspecified atom stereocenters. The second kappa shape index (κ2) is 11.3. The molecule has 0 N–H and O–H groups in total. The van der Waals surface area contributed by atoms with Crippen LogP contribution >= 0.6 is 11.3 Å². The number of carbonyl (C=O) groups excluding carboxylic acids is 2. The Bertz CT molecular complexity index is 1250. The van der Waals surface area contributed by atoms with Crippen LogP contribution in [0.5, 0.6) is 17.2 Å². The number of fused-ring (bicyclic) bond motifs is 1. The summed E-state index contributed by atoms with van der Waals surface area (Å²) in [7, 11) is 3.20. The van der Waals surface area contributed by atoms with Crippen LogP contribution in [0.3, 0.4) is 0 Å². The molecule has 3 aromatic rings. The predicted octanol–water partition coefficient (Wildman–Crippen LogP) is 4.82. The van der Waals surface area contributed by atoms with Gasteiger partial charge in [-0.15, -0.1) is 11.3 Å². The van der Waals surface area contributed by atoms with Gasteiger partial charge in [0.05, 0.1) is 20.3 Å². The van der Waals surface area contributed by atoms with E-state index in [1.165, 1.54) is 4.88 Å². The van der Waals surface area contributed by atoms with E-state index in [2.05, 4.69) is 11.4 Å². The first-order valence-corrected chi connectivity index (χ1v) is 13.5. The normalized spacial score (nSPS) is 16.6. The standard InChI is InChI=1S/C29H32N2O5S/c1-34-22-7-5-6-21(16-22)29(33)30(17-20-10-11-20)18-28(32)31-14-12-27-23(13-15-37-27)24(31)19-36-26-9-4-3-8-25(26)35-2/h3-9,13,15-16,20,24H,10-12,14,17-19H2,1-2H3. The third kappa shape index (κ3) is 5.74. The summed E-state index contributed by atoms with van der Waals surface area (Å²) >= 11 is 1.71. The summed E-state index contributed by atoms with van der Waals surface area (Å²) < 4.78 is 16.9. The number of methoxy groups -OCH3 is 2. The lowest BCUT2D eigenvalue weighted by atomic mass is 10.00. The van der Waals surface area contributed by atoms with Crippen molar-refractivity contribution in [2.24, 2.45) is 5.92 Å². The quantitative estimate of drug-likeness (QED) is 0.383. The molecule has 2 amide bonds. The summed E-state index contributed by atoms with van der Waals surface area (Å²) in [5.41, 5.74) is 1.65. The van der Waals surface area contributed by atoms with Gasteiger partial charge >= 0.3 is 0 Å². The summed E-state index contributed by atoms with van der Waals surface area (Å²) in [6.45, 7) is 1.53. The Labute approximate surface area is 221 Å². The average Bonchev–Trinajstić information content (AvgIpc) is 3.63. The van der Waals surface area contributed by atoms with Gasteiger partial charge in [-0.3, -0.25) is 9.59 Å². The van der Waals surface area contributed by atoms with E-state index in [1.54, 1.807) is 48.7 Å². The van der Waals surface area contributed by atoms with Crippen molar-refractivity contribution in [3.8, 4) is 17.2 Å². The summed E-state index contributed by atoms with van der Waals surface area (Å²) in [6, 6.07) is 16.5. The molecule has 2 aromatic carbocycles. The summed E-state index contributed by atoms with van der Waals surface area (Å²) in [5, 5.41) is 2.07. The number of para-hydroxylation sites is 2. The number of nitrogens with zero attached hydrogens (tertiary/aromatic N) is 2. The van der Waals surface area contributed by atoms with Gasteiger partial charge in [-0.25, -0.2) is 0 Å². The number of hydrogen-bond acceptors (Lipinski definition) is 6. The monoisotopic (exact) mass is 520 g/mol. The zero-order chi connectivity index (χ0) is 25.8. The minimum atomic E-state index is -0.234. The Morgan fingerprint density at radius 1 is 1.03 bits per heavy atom. The molecule has 1 atom stereocenters. The van der Waals surface area contributed by atoms with E-state index in [0.29, 0.717) is 48.4 Å². The Morgan fingerprint density at radius 2 is 1.84 bits per heavy atom. The number of thiophene rings is 1. The number of carbonyl (C=O) groups is 2. The highest BCUT2D eigenvalue weighted by atomic mass is 32.1. The molecule has 8 heteroatoms. The molecule has 1 aromatic heterocycles. The largest absolute Gasteiger partial charge is 0.497 e. The zero-order valence-electron chi connectivity index (χ0n) is 21.2. The molecule has 1 fully saturated rings. The summed E-state index contributed by atoms with van der Waals surface area (Å²) in [4.78, 5) is 32.1. The van der Waals surface area contributed by atoms with Crippen LogP contribution in [0.15, 0.2) is 60.0 Å². The van der Waals surface area contributed by atoms with Gasteiger partial charge in [0.2, 0.25) is 5.91 Å². The van der Waals surface area contributed by atoms with Gasteiger partial charge in [0.15, 0.2) is 11.5 Å². The van der Waals surface area contributed by atoms with Crippen molar-refractivity contribution in [1.82, 2.24) is 9.80 Å². The van der Waals surface area contributed by atoms with Crippen LogP contribution in [0.2, 0.25) is 0 Å². The molecule has 5 rings (SSSR count). The molecule has 7 nitrogen and oxygen atoms in total. The molecule has 194 valence electrons.